The minimum Gasteiger partial charge on any atom is -0.480 e. The van der Waals surface area contributed by atoms with Crippen LogP contribution in [0.4, 0.5) is 0 Å². The van der Waals surface area contributed by atoms with Gasteiger partial charge < -0.3 is 25.2 Å². The quantitative estimate of drug-likeness (QED) is 0.0233. The standard InChI is InChI=1S/C52H92NO9P/c1-3-5-7-9-11-13-15-17-19-21-23-24-25-27-29-31-33-35-37-39-41-43-45-59-46-49(47-60-63(57,58)61-48-50(53)52(55)56)62-51(54)44-42-40-38-36-34-32-30-28-26-22-20-18-16-14-12-10-8-6-4-2/h5,7,11,13,17-20,23-24,27,29,49-50H,3-4,6,8-10,12,14-16,21-22,25-26,28,30-48,53H2,1-2H3,(H,55,56)(H,57,58)/b7-5-,13-11-,19-17-,20-18-,24-23-,29-27-. The lowest BCUT2D eigenvalue weighted by Gasteiger charge is -2.20. The molecule has 10 nitrogen and oxygen atoms in total. The third kappa shape index (κ3) is 47.2. The maximum absolute atomic E-state index is 12.7. The molecule has 0 aromatic rings. The van der Waals surface area contributed by atoms with Gasteiger partial charge in [-0.05, 0) is 83.5 Å². The zero-order valence-corrected chi connectivity index (χ0v) is 40.8. The molecule has 0 aromatic carbocycles. The highest BCUT2D eigenvalue weighted by molar-refractivity contribution is 7.47. The number of aliphatic carboxylic acids is 1. The minimum atomic E-state index is -4.63. The Hall–Kier alpha value is -2.59. The lowest BCUT2D eigenvalue weighted by Crippen LogP contribution is -2.34. The summed E-state index contributed by atoms with van der Waals surface area (Å²) in [5.41, 5.74) is 5.37. The molecule has 0 amide bonds. The van der Waals surface area contributed by atoms with Crippen LogP contribution in [0.1, 0.15) is 206 Å². The van der Waals surface area contributed by atoms with Crippen molar-refractivity contribution >= 4 is 19.8 Å². The molecule has 11 heteroatoms. The number of carboxylic acids is 1. The summed E-state index contributed by atoms with van der Waals surface area (Å²) in [5, 5.41) is 8.93. The summed E-state index contributed by atoms with van der Waals surface area (Å²) in [6.45, 7) is 3.74. The largest absolute Gasteiger partial charge is 0.480 e. The Kier molecular flexibility index (Phi) is 45.4. The fourth-order valence-electron chi connectivity index (χ4n) is 6.63. The Balaban J connectivity index is 4.21. The number of rotatable bonds is 47. The van der Waals surface area contributed by atoms with Crippen molar-refractivity contribution in [2.75, 3.05) is 26.4 Å². The smallest absolute Gasteiger partial charge is 0.472 e. The molecule has 0 aliphatic rings. The maximum atomic E-state index is 12.7. The molecule has 3 unspecified atom stereocenters. The van der Waals surface area contributed by atoms with Gasteiger partial charge in [0.25, 0.3) is 0 Å². The molecular formula is C52H92NO9P. The number of unbranched alkanes of at least 4 members (excludes halogenated alkanes) is 21. The molecule has 0 aliphatic heterocycles. The molecule has 0 fully saturated rings. The first kappa shape index (κ1) is 60.4. The zero-order valence-electron chi connectivity index (χ0n) is 39.9. The van der Waals surface area contributed by atoms with Gasteiger partial charge in [-0.2, -0.15) is 0 Å². The summed E-state index contributed by atoms with van der Waals surface area (Å²) in [5.74, 6) is -1.79. The first-order valence-corrected chi connectivity index (χ1v) is 26.5. The third-order valence-electron chi connectivity index (χ3n) is 10.5. The number of ether oxygens (including phenoxy) is 2. The number of phosphoric ester groups is 1. The molecule has 0 bridgehead atoms. The van der Waals surface area contributed by atoms with Gasteiger partial charge in [-0.1, -0.05) is 189 Å². The van der Waals surface area contributed by atoms with Gasteiger partial charge in [-0.3, -0.25) is 18.6 Å². The second kappa shape index (κ2) is 47.4. The molecule has 0 aliphatic carbocycles. The van der Waals surface area contributed by atoms with Gasteiger partial charge in [0, 0.05) is 13.0 Å². The average Bonchev–Trinajstić information content (AvgIpc) is 3.26. The second-order valence-corrected chi connectivity index (χ2v) is 18.0. The van der Waals surface area contributed by atoms with E-state index in [2.05, 4.69) is 86.8 Å². The van der Waals surface area contributed by atoms with Crippen LogP contribution in [0.25, 0.3) is 0 Å². The predicted octanol–water partition coefficient (Wildman–Crippen LogP) is 14.5. The Labute approximate surface area is 384 Å². The number of nitrogens with two attached hydrogens (primary N) is 1. The first-order valence-electron chi connectivity index (χ1n) is 25.0. The number of carbonyl (C=O) groups is 2. The topological polar surface area (TPSA) is 155 Å². The average molecular weight is 906 g/mol. The second-order valence-electron chi connectivity index (χ2n) is 16.6. The van der Waals surface area contributed by atoms with Crippen molar-refractivity contribution in [2.45, 2.75) is 219 Å². The van der Waals surface area contributed by atoms with E-state index in [1.54, 1.807) is 0 Å². The van der Waals surface area contributed by atoms with Crippen LogP contribution in [0, 0.1) is 0 Å². The van der Waals surface area contributed by atoms with E-state index in [1.807, 2.05) is 0 Å². The lowest BCUT2D eigenvalue weighted by atomic mass is 10.1. The number of carbonyl (C=O) groups excluding carboxylic acids is 1. The van der Waals surface area contributed by atoms with E-state index >= 15 is 0 Å². The molecule has 0 radical (unpaired) electrons. The molecule has 0 aromatic heterocycles. The molecular weight excluding hydrogens is 814 g/mol. The highest BCUT2D eigenvalue weighted by Crippen LogP contribution is 2.43. The van der Waals surface area contributed by atoms with Crippen LogP contribution < -0.4 is 5.73 Å². The van der Waals surface area contributed by atoms with E-state index in [0.29, 0.717) is 13.0 Å². The van der Waals surface area contributed by atoms with E-state index in [4.69, 9.17) is 29.4 Å². The third-order valence-corrected chi connectivity index (χ3v) is 11.4. The van der Waals surface area contributed by atoms with Gasteiger partial charge in [0.15, 0.2) is 0 Å². The molecule has 63 heavy (non-hydrogen) atoms. The van der Waals surface area contributed by atoms with Crippen LogP contribution in [0.15, 0.2) is 72.9 Å². The Morgan fingerprint density at radius 3 is 1.40 bits per heavy atom. The SMILES string of the molecule is CC/C=C\C/C=C\C/C=C\C/C=C\C/C=C\CCCCCCCCOCC(COP(=O)(O)OCC(N)C(=O)O)OC(=O)CCCCCCCCCCC/C=C\CCCCCCCC. The van der Waals surface area contributed by atoms with Gasteiger partial charge in [-0.25, -0.2) is 4.57 Å². The summed E-state index contributed by atoms with van der Waals surface area (Å²) >= 11 is 0. The molecule has 0 saturated carbocycles. The first-order chi connectivity index (χ1) is 30.7. The van der Waals surface area contributed by atoms with Crippen molar-refractivity contribution in [3.8, 4) is 0 Å². The number of esters is 1. The molecule has 0 heterocycles. The van der Waals surface area contributed by atoms with Gasteiger partial charge in [-0.15, -0.1) is 0 Å². The Morgan fingerprint density at radius 1 is 0.524 bits per heavy atom. The molecule has 4 N–H and O–H groups in total. The van der Waals surface area contributed by atoms with Gasteiger partial charge in [0.05, 0.1) is 19.8 Å². The van der Waals surface area contributed by atoms with Crippen LogP contribution in [0.3, 0.4) is 0 Å². The predicted molar refractivity (Wildman–Crippen MR) is 263 cm³/mol. The van der Waals surface area contributed by atoms with Crippen LogP contribution >= 0.6 is 7.82 Å². The summed E-state index contributed by atoms with van der Waals surface area (Å²) in [4.78, 5) is 33.7. The summed E-state index contributed by atoms with van der Waals surface area (Å²) < 4.78 is 33.5. The van der Waals surface area contributed by atoms with E-state index in [1.165, 1.54) is 96.3 Å². The van der Waals surface area contributed by atoms with E-state index in [-0.39, 0.29) is 13.0 Å². The lowest BCUT2D eigenvalue weighted by molar-refractivity contribution is -0.154. The number of hydrogen-bond donors (Lipinski definition) is 3. The molecule has 3 atom stereocenters. The minimum absolute atomic E-state index is 0.00308. The van der Waals surface area contributed by atoms with Crippen LogP contribution in [-0.2, 0) is 32.7 Å². The molecule has 0 spiro atoms. The maximum Gasteiger partial charge on any atom is 0.472 e. The molecule has 364 valence electrons. The summed E-state index contributed by atoms with van der Waals surface area (Å²) in [6, 6.07) is -1.48. The van der Waals surface area contributed by atoms with E-state index in [9.17, 15) is 19.0 Å². The Morgan fingerprint density at radius 2 is 0.921 bits per heavy atom. The van der Waals surface area contributed by atoms with Crippen molar-refractivity contribution in [2.24, 2.45) is 5.73 Å². The van der Waals surface area contributed by atoms with Crippen molar-refractivity contribution in [3.63, 3.8) is 0 Å². The molecule has 0 rings (SSSR count). The van der Waals surface area contributed by atoms with Gasteiger partial charge in [0.2, 0.25) is 0 Å². The van der Waals surface area contributed by atoms with Crippen molar-refractivity contribution in [1.29, 1.82) is 0 Å². The normalized spacial score (nSPS) is 14.3. The zero-order chi connectivity index (χ0) is 46.2. The fraction of sp³-hybridized carbons (Fsp3) is 0.731. The Bertz CT molecular complexity index is 1280. The monoisotopic (exact) mass is 906 g/mol. The van der Waals surface area contributed by atoms with E-state index in [0.717, 1.165) is 83.5 Å². The van der Waals surface area contributed by atoms with E-state index < -0.39 is 45.1 Å². The number of phosphoric acid groups is 1. The highest BCUT2D eigenvalue weighted by Gasteiger charge is 2.27. The number of carboxylic acid groups (broad SMARTS) is 1. The number of hydrogen-bond acceptors (Lipinski definition) is 8. The van der Waals surface area contributed by atoms with Crippen LogP contribution in [-0.4, -0.2) is 60.5 Å². The summed E-state index contributed by atoms with van der Waals surface area (Å²) in [6.07, 6.45) is 59.5. The van der Waals surface area contributed by atoms with Crippen molar-refractivity contribution < 1.29 is 42.7 Å². The highest BCUT2D eigenvalue weighted by atomic mass is 31.2. The van der Waals surface area contributed by atoms with Gasteiger partial charge in [0.1, 0.15) is 12.1 Å². The van der Waals surface area contributed by atoms with Crippen LogP contribution in [0.2, 0.25) is 0 Å². The molecule has 0 saturated heterocycles. The fourth-order valence-corrected chi connectivity index (χ4v) is 7.40. The number of allylic oxidation sites excluding steroid dienone is 12. The van der Waals surface area contributed by atoms with Crippen LogP contribution in [0.5, 0.6) is 0 Å². The van der Waals surface area contributed by atoms with Crippen molar-refractivity contribution in [1.82, 2.24) is 0 Å². The van der Waals surface area contributed by atoms with Crippen molar-refractivity contribution in [3.05, 3.63) is 72.9 Å². The summed E-state index contributed by atoms with van der Waals surface area (Å²) in [7, 11) is -4.63. The van der Waals surface area contributed by atoms with Gasteiger partial charge >= 0.3 is 19.8 Å².